The smallest absolute Gasteiger partial charge is 0.237 e. The predicted octanol–water partition coefficient (Wildman–Crippen LogP) is 1.52. The second kappa shape index (κ2) is 7.99. The van der Waals surface area contributed by atoms with E-state index in [1.807, 2.05) is 19.1 Å². The van der Waals surface area contributed by atoms with Crippen LogP contribution in [0.25, 0.3) is 0 Å². The fourth-order valence-corrected chi connectivity index (χ4v) is 3.17. The molecular formula is C19H29N3O2. The number of rotatable bonds is 7. The lowest BCUT2D eigenvalue weighted by Crippen LogP contribution is -2.54. The summed E-state index contributed by atoms with van der Waals surface area (Å²) in [6.07, 6.45) is 3.36. The Balaban J connectivity index is 1.38. The van der Waals surface area contributed by atoms with Gasteiger partial charge in [0.2, 0.25) is 5.91 Å². The van der Waals surface area contributed by atoms with Crippen LogP contribution in [-0.4, -0.2) is 67.6 Å². The number of methoxy groups -OCH3 is 1. The van der Waals surface area contributed by atoms with E-state index >= 15 is 0 Å². The molecular weight excluding hydrogens is 302 g/mol. The van der Waals surface area contributed by atoms with E-state index in [1.54, 1.807) is 7.11 Å². The van der Waals surface area contributed by atoms with E-state index in [1.165, 1.54) is 5.56 Å². The molecule has 0 radical (unpaired) electrons. The van der Waals surface area contributed by atoms with Crippen LogP contribution in [0.2, 0.25) is 0 Å². The van der Waals surface area contributed by atoms with Crippen LogP contribution in [0.4, 0.5) is 0 Å². The van der Waals surface area contributed by atoms with Crippen LogP contribution in [0.3, 0.4) is 0 Å². The fraction of sp³-hybridized carbons (Fsp3) is 0.632. The molecule has 1 saturated heterocycles. The number of nitrogens with one attached hydrogen (secondary N) is 1. The zero-order chi connectivity index (χ0) is 16.9. The van der Waals surface area contributed by atoms with Crippen molar-refractivity contribution in [1.29, 1.82) is 0 Å². The highest BCUT2D eigenvalue weighted by molar-refractivity contribution is 5.81. The number of hydrogen-bond acceptors (Lipinski definition) is 4. The Hall–Kier alpha value is -1.59. The maximum absolute atomic E-state index is 12.2. The molecule has 1 aromatic carbocycles. The topological polar surface area (TPSA) is 44.8 Å². The molecule has 1 unspecified atom stereocenters. The van der Waals surface area contributed by atoms with Crippen LogP contribution in [0.5, 0.6) is 5.75 Å². The first-order valence-corrected chi connectivity index (χ1v) is 9.05. The third-order valence-electron chi connectivity index (χ3n) is 5.13. The van der Waals surface area contributed by atoms with E-state index in [2.05, 4.69) is 27.2 Å². The van der Waals surface area contributed by atoms with Gasteiger partial charge in [0.25, 0.3) is 0 Å². The van der Waals surface area contributed by atoms with E-state index in [0.717, 1.165) is 57.7 Å². The monoisotopic (exact) mass is 331 g/mol. The summed E-state index contributed by atoms with van der Waals surface area (Å²) in [4.78, 5) is 17.0. The van der Waals surface area contributed by atoms with Gasteiger partial charge in [-0.15, -0.1) is 0 Å². The van der Waals surface area contributed by atoms with Crippen LogP contribution in [0.15, 0.2) is 24.3 Å². The van der Waals surface area contributed by atoms with Gasteiger partial charge < -0.3 is 15.0 Å². The fourth-order valence-electron chi connectivity index (χ4n) is 3.17. The maximum atomic E-state index is 12.2. The average molecular weight is 331 g/mol. The summed E-state index contributed by atoms with van der Waals surface area (Å²) in [5.74, 6) is 1.11. The molecule has 1 amide bonds. The maximum Gasteiger partial charge on any atom is 0.237 e. The summed E-state index contributed by atoms with van der Waals surface area (Å²) in [5, 5.41) is 3.11. The molecule has 0 aromatic heterocycles. The normalized spacial score (nSPS) is 20.6. The quantitative estimate of drug-likeness (QED) is 0.823. The van der Waals surface area contributed by atoms with Gasteiger partial charge in [0.15, 0.2) is 0 Å². The van der Waals surface area contributed by atoms with E-state index in [-0.39, 0.29) is 11.9 Å². The van der Waals surface area contributed by atoms with Gasteiger partial charge >= 0.3 is 0 Å². The van der Waals surface area contributed by atoms with E-state index < -0.39 is 0 Å². The number of piperazine rings is 1. The Morgan fingerprint density at radius 1 is 1.21 bits per heavy atom. The highest BCUT2D eigenvalue weighted by Crippen LogP contribution is 2.19. The largest absolute Gasteiger partial charge is 0.497 e. The van der Waals surface area contributed by atoms with Gasteiger partial charge in [-0.3, -0.25) is 9.69 Å². The first-order valence-electron chi connectivity index (χ1n) is 9.05. The van der Waals surface area contributed by atoms with Crippen molar-refractivity contribution in [3.05, 3.63) is 29.8 Å². The summed E-state index contributed by atoms with van der Waals surface area (Å²) >= 11 is 0. The van der Waals surface area contributed by atoms with Crippen LogP contribution in [-0.2, 0) is 11.2 Å². The molecule has 24 heavy (non-hydrogen) atoms. The van der Waals surface area contributed by atoms with E-state index in [0.29, 0.717) is 6.04 Å². The Morgan fingerprint density at radius 2 is 1.88 bits per heavy atom. The number of amides is 1. The molecule has 1 heterocycles. The lowest BCUT2D eigenvalue weighted by Gasteiger charge is -2.37. The van der Waals surface area contributed by atoms with Gasteiger partial charge in [0, 0.05) is 38.8 Å². The Kier molecular flexibility index (Phi) is 5.74. The molecule has 1 atom stereocenters. The molecule has 5 nitrogen and oxygen atoms in total. The summed E-state index contributed by atoms with van der Waals surface area (Å²) in [6, 6.07) is 8.76. The van der Waals surface area contributed by atoms with Crippen molar-refractivity contribution in [3.63, 3.8) is 0 Å². The minimum Gasteiger partial charge on any atom is -0.497 e. The standard InChI is InChI=1S/C19H29N3O2/c1-15(19(23)20-17-5-6-17)22-13-11-21(12-14-22)10-9-16-3-7-18(24-2)8-4-16/h3-4,7-8,15,17H,5-6,9-14H2,1-2H3,(H,20,23). The SMILES string of the molecule is COc1ccc(CCN2CCN(C(C)C(=O)NC3CC3)CC2)cc1. The first-order chi connectivity index (χ1) is 11.7. The first kappa shape index (κ1) is 17.2. The second-order valence-electron chi connectivity index (χ2n) is 6.93. The molecule has 3 rings (SSSR count). The van der Waals surface area contributed by atoms with Gasteiger partial charge in [-0.2, -0.15) is 0 Å². The third-order valence-corrected chi connectivity index (χ3v) is 5.13. The number of carbonyl (C=O) groups is 1. The lowest BCUT2D eigenvalue weighted by molar-refractivity contribution is -0.126. The van der Waals surface area contributed by atoms with Crippen molar-refractivity contribution in [2.75, 3.05) is 39.8 Å². The Morgan fingerprint density at radius 3 is 2.46 bits per heavy atom. The molecule has 0 bridgehead atoms. The number of ether oxygens (including phenoxy) is 1. The molecule has 132 valence electrons. The van der Waals surface area contributed by atoms with Crippen molar-refractivity contribution in [2.24, 2.45) is 0 Å². The van der Waals surface area contributed by atoms with Crippen LogP contribution < -0.4 is 10.1 Å². The summed E-state index contributed by atoms with van der Waals surface area (Å²) < 4.78 is 5.20. The number of benzene rings is 1. The van der Waals surface area contributed by atoms with Gasteiger partial charge in [-0.05, 0) is 43.9 Å². The van der Waals surface area contributed by atoms with Crippen molar-refractivity contribution < 1.29 is 9.53 Å². The molecule has 2 aliphatic rings. The average Bonchev–Trinajstić information content (AvgIpc) is 3.44. The minimum atomic E-state index is -0.00524. The highest BCUT2D eigenvalue weighted by atomic mass is 16.5. The summed E-state index contributed by atoms with van der Waals surface area (Å²) in [5.41, 5.74) is 1.34. The zero-order valence-corrected chi connectivity index (χ0v) is 14.8. The van der Waals surface area contributed by atoms with E-state index in [9.17, 15) is 4.79 Å². The number of carbonyl (C=O) groups excluding carboxylic acids is 1. The lowest BCUT2D eigenvalue weighted by atomic mass is 10.1. The molecule has 0 spiro atoms. The summed E-state index contributed by atoms with van der Waals surface area (Å²) in [6.45, 7) is 7.13. The van der Waals surface area contributed by atoms with Crippen LogP contribution in [0, 0.1) is 0 Å². The van der Waals surface area contributed by atoms with Gasteiger partial charge in [-0.1, -0.05) is 12.1 Å². The van der Waals surface area contributed by atoms with Crippen LogP contribution >= 0.6 is 0 Å². The molecule has 1 aromatic rings. The van der Waals surface area contributed by atoms with Crippen LogP contribution in [0.1, 0.15) is 25.3 Å². The summed E-state index contributed by atoms with van der Waals surface area (Å²) in [7, 11) is 1.69. The molecule has 1 saturated carbocycles. The minimum absolute atomic E-state index is 0.00524. The van der Waals surface area contributed by atoms with Crippen molar-refractivity contribution >= 4 is 5.91 Å². The highest BCUT2D eigenvalue weighted by Gasteiger charge is 2.29. The Bertz CT molecular complexity index is 534. The molecule has 5 heteroatoms. The van der Waals surface area contributed by atoms with Gasteiger partial charge in [0.05, 0.1) is 13.2 Å². The van der Waals surface area contributed by atoms with Gasteiger partial charge in [0.1, 0.15) is 5.75 Å². The third kappa shape index (κ3) is 4.71. The number of hydrogen-bond donors (Lipinski definition) is 1. The zero-order valence-electron chi connectivity index (χ0n) is 14.8. The van der Waals surface area contributed by atoms with E-state index in [4.69, 9.17) is 4.74 Å². The van der Waals surface area contributed by atoms with Crippen molar-refractivity contribution in [3.8, 4) is 5.75 Å². The second-order valence-corrected chi connectivity index (χ2v) is 6.93. The number of nitrogens with zero attached hydrogens (tertiary/aromatic N) is 2. The van der Waals surface area contributed by atoms with Crippen molar-refractivity contribution in [1.82, 2.24) is 15.1 Å². The molecule has 1 aliphatic heterocycles. The molecule has 1 N–H and O–H groups in total. The van der Waals surface area contributed by atoms with Gasteiger partial charge in [-0.25, -0.2) is 0 Å². The Labute approximate surface area is 145 Å². The van der Waals surface area contributed by atoms with Crippen molar-refractivity contribution in [2.45, 2.75) is 38.3 Å². The molecule has 2 fully saturated rings. The predicted molar refractivity (Wildman–Crippen MR) is 95.3 cm³/mol. The molecule has 1 aliphatic carbocycles.